The van der Waals surface area contributed by atoms with E-state index in [1.54, 1.807) is 0 Å². The molecule has 2 aliphatic rings. The molecule has 2 rings (SSSR count). The molecular weight excluding hydrogens is 248 g/mol. The van der Waals surface area contributed by atoms with Crippen molar-refractivity contribution in [1.29, 1.82) is 0 Å². The molecule has 4 N–H and O–H groups in total. The van der Waals surface area contributed by atoms with Crippen LogP contribution < -0.4 is 11.1 Å². The molecule has 0 spiro atoms. The first-order chi connectivity index (χ1) is 8.45. The van der Waals surface area contributed by atoms with Crippen molar-refractivity contribution in [1.82, 2.24) is 5.32 Å². The number of nitrogens with two attached hydrogens (primary N) is 1. The van der Waals surface area contributed by atoms with Crippen LogP contribution in [-0.4, -0.2) is 28.1 Å². The van der Waals surface area contributed by atoms with Gasteiger partial charge in [0, 0.05) is 0 Å². The highest BCUT2D eigenvalue weighted by Gasteiger charge is 2.51. The van der Waals surface area contributed by atoms with E-state index in [4.69, 9.17) is 18.0 Å². The average Bonchev–Trinajstić information content (AvgIpc) is 2.27. The van der Waals surface area contributed by atoms with E-state index in [-0.39, 0.29) is 11.9 Å². The van der Waals surface area contributed by atoms with Gasteiger partial charge in [0.1, 0.15) is 0 Å². The maximum Gasteiger partial charge on any atom is 0.233 e. The Morgan fingerprint density at radius 3 is 2.50 bits per heavy atom. The molecule has 0 heterocycles. The van der Waals surface area contributed by atoms with Crippen molar-refractivity contribution in [3.8, 4) is 0 Å². The van der Waals surface area contributed by atoms with E-state index in [1.165, 1.54) is 0 Å². The zero-order valence-electron chi connectivity index (χ0n) is 10.8. The number of nitrogens with one attached hydrogen (secondary N) is 1. The van der Waals surface area contributed by atoms with E-state index < -0.39 is 11.5 Å². The molecule has 2 aliphatic carbocycles. The van der Waals surface area contributed by atoms with Gasteiger partial charge >= 0.3 is 0 Å². The number of aliphatic hydroxyl groups excluding tert-OH is 1. The van der Waals surface area contributed by atoms with E-state index in [0.717, 1.165) is 38.5 Å². The number of carbonyl (C=O) groups is 1. The van der Waals surface area contributed by atoms with Gasteiger partial charge in [0.25, 0.3) is 0 Å². The van der Waals surface area contributed by atoms with Crippen LogP contribution in [0.5, 0.6) is 0 Å². The largest absolute Gasteiger partial charge is 0.392 e. The van der Waals surface area contributed by atoms with Crippen LogP contribution in [0.1, 0.15) is 45.4 Å². The lowest BCUT2D eigenvalue weighted by atomic mass is 9.62. The maximum atomic E-state index is 12.4. The van der Waals surface area contributed by atoms with Crippen molar-refractivity contribution in [2.75, 3.05) is 0 Å². The third kappa shape index (κ3) is 2.38. The Kier molecular flexibility index (Phi) is 3.92. The van der Waals surface area contributed by atoms with Crippen LogP contribution in [0.15, 0.2) is 0 Å². The molecule has 0 bridgehead atoms. The highest BCUT2D eigenvalue weighted by Crippen LogP contribution is 2.46. The zero-order chi connectivity index (χ0) is 13.3. The molecule has 2 atom stereocenters. The summed E-state index contributed by atoms with van der Waals surface area (Å²) in [7, 11) is 0. The first-order valence-corrected chi connectivity index (χ1v) is 7.15. The zero-order valence-corrected chi connectivity index (χ0v) is 11.6. The van der Waals surface area contributed by atoms with Crippen LogP contribution in [0.25, 0.3) is 0 Å². The average molecular weight is 270 g/mol. The lowest BCUT2D eigenvalue weighted by Gasteiger charge is -2.45. The van der Waals surface area contributed by atoms with Crippen molar-refractivity contribution >= 4 is 23.1 Å². The van der Waals surface area contributed by atoms with Gasteiger partial charge in [0.2, 0.25) is 5.91 Å². The first kappa shape index (κ1) is 13.7. The molecule has 18 heavy (non-hydrogen) atoms. The molecule has 0 aromatic rings. The number of hydrogen-bond acceptors (Lipinski definition) is 3. The lowest BCUT2D eigenvalue weighted by molar-refractivity contribution is -0.134. The van der Waals surface area contributed by atoms with Crippen LogP contribution >= 0.6 is 12.2 Å². The second-order valence-electron chi connectivity index (χ2n) is 5.89. The fraction of sp³-hybridized carbons (Fsp3) is 0.846. The Hall–Kier alpha value is -0.680. The summed E-state index contributed by atoms with van der Waals surface area (Å²) in [5.74, 6) is 0.410. The molecule has 2 fully saturated rings. The van der Waals surface area contributed by atoms with Gasteiger partial charge in [0.05, 0.1) is 22.5 Å². The number of carbonyl (C=O) groups excluding carboxylic acids is 1. The second kappa shape index (κ2) is 5.13. The van der Waals surface area contributed by atoms with Crippen molar-refractivity contribution in [2.24, 2.45) is 17.1 Å². The summed E-state index contributed by atoms with van der Waals surface area (Å²) in [6, 6.07) is -0.131. The third-order valence-corrected chi connectivity index (χ3v) is 4.74. The van der Waals surface area contributed by atoms with Gasteiger partial charge in [-0.2, -0.15) is 0 Å². The molecular formula is C13H22N2O2S. The van der Waals surface area contributed by atoms with Gasteiger partial charge in [-0.05, 0) is 31.6 Å². The van der Waals surface area contributed by atoms with Crippen molar-refractivity contribution in [2.45, 2.75) is 57.6 Å². The van der Waals surface area contributed by atoms with Crippen molar-refractivity contribution in [3.63, 3.8) is 0 Å². The highest BCUT2D eigenvalue weighted by molar-refractivity contribution is 7.80. The molecule has 2 saturated carbocycles. The normalized spacial score (nSPS) is 39.8. The van der Waals surface area contributed by atoms with E-state index in [2.05, 4.69) is 12.2 Å². The summed E-state index contributed by atoms with van der Waals surface area (Å²) in [5, 5.41) is 12.8. The van der Waals surface area contributed by atoms with E-state index in [0.29, 0.717) is 10.9 Å². The Labute approximate surface area is 113 Å². The third-order valence-electron chi connectivity index (χ3n) is 4.35. The molecule has 4 nitrogen and oxygen atoms in total. The van der Waals surface area contributed by atoms with Gasteiger partial charge in [-0.1, -0.05) is 32.0 Å². The van der Waals surface area contributed by atoms with Crippen LogP contribution in [0.4, 0.5) is 0 Å². The minimum atomic E-state index is -0.661. The Bertz CT molecular complexity index is 353. The number of thiocarbonyl (C=S) groups is 1. The van der Waals surface area contributed by atoms with E-state index >= 15 is 0 Å². The van der Waals surface area contributed by atoms with Gasteiger partial charge < -0.3 is 16.2 Å². The predicted molar refractivity (Wildman–Crippen MR) is 74.0 cm³/mol. The summed E-state index contributed by atoms with van der Waals surface area (Å²) < 4.78 is 0. The number of aliphatic hydroxyl groups is 1. The SMILES string of the molecule is CC1CC(C(=O)NC2CCCCC2O)(C(N)=S)C1. The molecule has 102 valence electrons. The van der Waals surface area contributed by atoms with Crippen LogP contribution in [-0.2, 0) is 4.79 Å². The summed E-state index contributed by atoms with van der Waals surface area (Å²) in [6.07, 6.45) is 4.73. The quantitative estimate of drug-likeness (QED) is 0.672. The Balaban J connectivity index is 2.00. The number of hydrogen-bond donors (Lipinski definition) is 3. The standard InChI is InChI=1S/C13H22N2O2S/c1-8-6-13(7-8,11(14)18)12(17)15-9-4-2-3-5-10(9)16/h8-10,16H,2-7H2,1H3,(H2,14,18)(H,15,17). The Morgan fingerprint density at radius 1 is 1.39 bits per heavy atom. The molecule has 2 unspecified atom stereocenters. The van der Waals surface area contributed by atoms with Crippen LogP contribution in [0, 0.1) is 11.3 Å². The molecule has 0 radical (unpaired) electrons. The highest BCUT2D eigenvalue weighted by atomic mass is 32.1. The van der Waals surface area contributed by atoms with Crippen molar-refractivity contribution in [3.05, 3.63) is 0 Å². The van der Waals surface area contributed by atoms with Crippen LogP contribution in [0.3, 0.4) is 0 Å². The van der Waals surface area contributed by atoms with Crippen molar-refractivity contribution < 1.29 is 9.90 Å². The Morgan fingerprint density at radius 2 is 2.00 bits per heavy atom. The van der Waals surface area contributed by atoms with E-state index in [1.807, 2.05) is 0 Å². The van der Waals surface area contributed by atoms with Crippen LogP contribution in [0.2, 0.25) is 0 Å². The smallest absolute Gasteiger partial charge is 0.233 e. The van der Waals surface area contributed by atoms with E-state index in [9.17, 15) is 9.90 Å². The fourth-order valence-corrected chi connectivity index (χ4v) is 3.47. The summed E-state index contributed by atoms with van der Waals surface area (Å²) in [4.78, 5) is 12.7. The monoisotopic (exact) mass is 270 g/mol. The minimum absolute atomic E-state index is 0.0842. The van der Waals surface area contributed by atoms with Gasteiger partial charge in [0.15, 0.2) is 0 Å². The topological polar surface area (TPSA) is 75.3 Å². The summed E-state index contributed by atoms with van der Waals surface area (Å²) in [5.41, 5.74) is 5.08. The molecule has 0 aliphatic heterocycles. The molecule has 5 heteroatoms. The maximum absolute atomic E-state index is 12.4. The number of rotatable bonds is 3. The summed E-state index contributed by atoms with van der Waals surface area (Å²) in [6.45, 7) is 2.10. The summed E-state index contributed by atoms with van der Waals surface area (Å²) >= 11 is 5.06. The first-order valence-electron chi connectivity index (χ1n) is 6.74. The minimum Gasteiger partial charge on any atom is -0.392 e. The molecule has 0 saturated heterocycles. The molecule has 1 amide bonds. The molecule has 0 aromatic heterocycles. The van der Waals surface area contributed by atoms with Gasteiger partial charge in [-0.3, -0.25) is 4.79 Å². The fourth-order valence-electron chi connectivity index (χ4n) is 3.21. The predicted octanol–water partition coefficient (Wildman–Crippen LogP) is 1.11. The van der Waals surface area contributed by atoms with Gasteiger partial charge in [-0.15, -0.1) is 0 Å². The lowest BCUT2D eigenvalue weighted by Crippen LogP contribution is -2.59. The molecule has 0 aromatic carbocycles. The number of amides is 1. The van der Waals surface area contributed by atoms with Gasteiger partial charge in [-0.25, -0.2) is 0 Å². The second-order valence-corrected chi connectivity index (χ2v) is 6.33.